The normalized spacial score (nSPS) is 12.7. The maximum absolute atomic E-state index is 13.5. The summed E-state index contributed by atoms with van der Waals surface area (Å²) < 4.78 is 26.9. The largest absolute Gasteiger partial charge is 0.387 e. The van der Waals surface area contributed by atoms with Crippen LogP contribution in [0.3, 0.4) is 0 Å². The molecule has 0 aliphatic heterocycles. The number of benzene rings is 2. The van der Waals surface area contributed by atoms with E-state index in [1.807, 2.05) is 42.5 Å². The Balaban J connectivity index is 1.82. The highest BCUT2D eigenvalue weighted by molar-refractivity contribution is 5.48. The minimum absolute atomic E-state index is 0.0803. The van der Waals surface area contributed by atoms with Gasteiger partial charge in [-0.1, -0.05) is 48.6 Å². The first-order chi connectivity index (χ1) is 10.2. The Kier molecular flexibility index (Phi) is 5.60. The van der Waals surface area contributed by atoms with E-state index in [0.717, 1.165) is 17.7 Å². The molecule has 1 unspecified atom stereocenters. The Morgan fingerprint density at radius 1 is 1.00 bits per heavy atom. The third-order valence-electron chi connectivity index (χ3n) is 3.04. The second-order valence-electron chi connectivity index (χ2n) is 4.62. The lowest BCUT2D eigenvalue weighted by Crippen LogP contribution is -2.22. The first-order valence-corrected chi connectivity index (χ1v) is 6.73. The Labute approximate surface area is 122 Å². The van der Waals surface area contributed by atoms with Crippen molar-refractivity contribution in [3.8, 4) is 0 Å². The van der Waals surface area contributed by atoms with Gasteiger partial charge in [0.15, 0.2) is 0 Å². The molecule has 0 heterocycles. The molecule has 0 radical (unpaired) electrons. The smallest absolute Gasteiger partial charge is 0.131 e. The van der Waals surface area contributed by atoms with Crippen LogP contribution in [0.4, 0.5) is 8.78 Å². The predicted octanol–water partition coefficient (Wildman–Crippen LogP) is 3.30. The molecule has 2 rings (SSSR count). The Morgan fingerprint density at radius 2 is 1.67 bits per heavy atom. The summed E-state index contributed by atoms with van der Waals surface area (Å²) in [5, 5.41) is 12.8. The molecule has 0 aromatic heterocycles. The fourth-order valence-electron chi connectivity index (χ4n) is 1.99. The van der Waals surface area contributed by atoms with Crippen LogP contribution in [0, 0.1) is 11.6 Å². The van der Waals surface area contributed by atoms with Gasteiger partial charge in [0, 0.05) is 13.1 Å². The highest BCUT2D eigenvalue weighted by Gasteiger charge is 2.16. The van der Waals surface area contributed by atoms with Crippen molar-refractivity contribution < 1.29 is 13.9 Å². The molecule has 0 aliphatic rings. The quantitative estimate of drug-likeness (QED) is 0.800. The number of aliphatic hydroxyl groups is 1. The van der Waals surface area contributed by atoms with Crippen molar-refractivity contribution in [2.24, 2.45) is 0 Å². The zero-order valence-electron chi connectivity index (χ0n) is 11.5. The number of aliphatic hydroxyl groups excluding tert-OH is 1. The summed E-state index contributed by atoms with van der Waals surface area (Å²) in [6.45, 7) is 0.582. The van der Waals surface area contributed by atoms with Gasteiger partial charge >= 0.3 is 0 Å². The average Bonchev–Trinajstić information content (AvgIpc) is 2.48. The summed E-state index contributed by atoms with van der Waals surface area (Å²) in [6, 6.07) is 13.3. The molecule has 0 fully saturated rings. The van der Waals surface area contributed by atoms with E-state index < -0.39 is 17.7 Å². The topological polar surface area (TPSA) is 32.3 Å². The number of rotatable bonds is 6. The minimum Gasteiger partial charge on any atom is -0.387 e. The van der Waals surface area contributed by atoms with Crippen LogP contribution >= 0.6 is 0 Å². The lowest BCUT2D eigenvalue weighted by molar-refractivity contribution is 0.166. The van der Waals surface area contributed by atoms with E-state index in [4.69, 9.17) is 0 Å². The van der Waals surface area contributed by atoms with Gasteiger partial charge in [-0.15, -0.1) is 0 Å². The molecule has 0 saturated carbocycles. The van der Waals surface area contributed by atoms with Crippen LogP contribution in [-0.2, 0) is 0 Å². The van der Waals surface area contributed by atoms with Crippen molar-refractivity contribution in [2.75, 3.05) is 13.1 Å². The van der Waals surface area contributed by atoms with Gasteiger partial charge in [-0.3, -0.25) is 0 Å². The molecular formula is C17H17F2NO. The van der Waals surface area contributed by atoms with Gasteiger partial charge in [-0.05, 0) is 17.7 Å². The van der Waals surface area contributed by atoms with Crippen molar-refractivity contribution in [2.45, 2.75) is 6.10 Å². The second-order valence-corrected chi connectivity index (χ2v) is 4.62. The summed E-state index contributed by atoms with van der Waals surface area (Å²) in [6.07, 6.45) is 2.61. The Hall–Kier alpha value is -2.04. The SMILES string of the molecule is OC(CNC/C=C/c1ccccc1)c1c(F)cccc1F. The molecule has 4 heteroatoms. The molecule has 1 atom stereocenters. The van der Waals surface area contributed by atoms with Crippen LogP contribution in [0.1, 0.15) is 17.2 Å². The third kappa shape index (κ3) is 4.48. The van der Waals surface area contributed by atoms with Crippen LogP contribution in [0.15, 0.2) is 54.6 Å². The molecule has 0 spiro atoms. The second kappa shape index (κ2) is 7.67. The summed E-state index contributed by atoms with van der Waals surface area (Å²) in [4.78, 5) is 0. The molecule has 110 valence electrons. The fraction of sp³-hybridized carbons (Fsp3) is 0.176. The number of halogens is 2. The lowest BCUT2D eigenvalue weighted by Gasteiger charge is -2.13. The summed E-state index contributed by atoms with van der Waals surface area (Å²) >= 11 is 0. The van der Waals surface area contributed by atoms with Gasteiger partial charge in [0.05, 0.1) is 11.7 Å². The van der Waals surface area contributed by atoms with Crippen molar-refractivity contribution in [1.82, 2.24) is 5.32 Å². The summed E-state index contributed by atoms with van der Waals surface area (Å²) in [5.74, 6) is -1.46. The molecular weight excluding hydrogens is 272 g/mol. The van der Waals surface area contributed by atoms with Gasteiger partial charge in [-0.25, -0.2) is 8.78 Å². The van der Waals surface area contributed by atoms with Gasteiger partial charge < -0.3 is 10.4 Å². The van der Waals surface area contributed by atoms with Gasteiger partial charge in [0.1, 0.15) is 11.6 Å². The first-order valence-electron chi connectivity index (χ1n) is 6.73. The Morgan fingerprint density at radius 3 is 2.33 bits per heavy atom. The van der Waals surface area contributed by atoms with E-state index in [2.05, 4.69) is 5.32 Å². The maximum Gasteiger partial charge on any atom is 0.131 e. The summed E-state index contributed by atoms with van der Waals surface area (Å²) in [5.41, 5.74) is 0.775. The first kappa shape index (κ1) is 15.4. The van der Waals surface area contributed by atoms with Crippen LogP contribution in [0.5, 0.6) is 0 Å². The van der Waals surface area contributed by atoms with Crippen molar-refractivity contribution in [3.05, 3.63) is 77.4 Å². The molecule has 2 aromatic carbocycles. The number of nitrogens with one attached hydrogen (secondary N) is 1. The molecule has 2 N–H and O–H groups in total. The third-order valence-corrected chi connectivity index (χ3v) is 3.04. The molecule has 0 bridgehead atoms. The number of hydrogen-bond donors (Lipinski definition) is 2. The predicted molar refractivity (Wildman–Crippen MR) is 79.7 cm³/mol. The van der Waals surface area contributed by atoms with Crippen LogP contribution in [0.25, 0.3) is 6.08 Å². The van der Waals surface area contributed by atoms with E-state index in [0.29, 0.717) is 6.54 Å². The molecule has 21 heavy (non-hydrogen) atoms. The molecule has 0 saturated heterocycles. The molecule has 0 amide bonds. The number of hydrogen-bond acceptors (Lipinski definition) is 2. The average molecular weight is 289 g/mol. The van der Waals surface area contributed by atoms with Crippen molar-refractivity contribution in [1.29, 1.82) is 0 Å². The molecule has 2 aromatic rings. The monoisotopic (exact) mass is 289 g/mol. The van der Waals surface area contributed by atoms with E-state index in [1.54, 1.807) is 0 Å². The van der Waals surface area contributed by atoms with E-state index in [9.17, 15) is 13.9 Å². The molecule has 0 aliphatic carbocycles. The van der Waals surface area contributed by atoms with Crippen LogP contribution in [-0.4, -0.2) is 18.2 Å². The zero-order valence-corrected chi connectivity index (χ0v) is 11.5. The maximum atomic E-state index is 13.5. The van der Waals surface area contributed by atoms with Gasteiger partial charge in [0.25, 0.3) is 0 Å². The van der Waals surface area contributed by atoms with E-state index >= 15 is 0 Å². The van der Waals surface area contributed by atoms with Crippen LogP contribution in [0.2, 0.25) is 0 Å². The highest BCUT2D eigenvalue weighted by atomic mass is 19.1. The van der Waals surface area contributed by atoms with Crippen molar-refractivity contribution >= 4 is 6.08 Å². The molecule has 2 nitrogen and oxygen atoms in total. The minimum atomic E-state index is -1.21. The zero-order chi connectivity index (χ0) is 15.1. The Bertz CT molecular complexity index is 579. The lowest BCUT2D eigenvalue weighted by atomic mass is 10.1. The van der Waals surface area contributed by atoms with Gasteiger partial charge in [-0.2, -0.15) is 0 Å². The standard InChI is InChI=1S/C17H17F2NO/c18-14-9-4-10-15(19)17(14)16(21)12-20-11-5-8-13-6-2-1-3-7-13/h1-10,16,20-21H,11-12H2/b8-5+. The highest BCUT2D eigenvalue weighted by Crippen LogP contribution is 2.19. The van der Waals surface area contributed by atoms with Gasteiger partial charge in [0.2, 0.25) is 0 Å². The van der Waals surface area contributed by atoms with E-state index in [1.165, 1.54) is 6.07 Å². The van der Waals surface area contributed by atoms with E-state index in [-0.39, 0.29) is 12.1 Å². The van der Waals surface area contributed by atoms with Crippen molar-refractivity contribution in [3.63, 3.8) is 0 Å². The van der Waals surface area contributed by atoms with Crippen LogP contribution < -0.4 is 5.32 Å². The fourth-order valence-corrected chi connectivity index (χ4v) is 1.99. The summed E-state index contributed by atoms with van der Waals surface area (Å²) in [7, 11) is 0.